The lowest BCUT2D eigenvalue weighted by Gasteiger charge is -2.00. The van der Waals surface area contributed by atoms with Crippen molar-refractivity contribution in [3.8, 4) is 0 Å². The van der Waals surface area contributed by atoms with Gasteiger partial charge >= 0.3 is 0 Å². The molecular formula is C17H16N2. The zero-order valence-electron chi connectivity index (χ0n) is 11.1. The second-order valence-corrected chi connectivity index (χ2v) is 4.86. The molecule has 19 heavy (non-hydrogen) atoms. The van der Waals surface area contributed by atoms with Gasteiger partial charge in [-0.05, 0) is 43.2 Å². The Balaban J connectivity index is 1.95. The first kappa shape index (κ1) is 11.7. The maximum absolute atomic E-state index is 4.58. The van der Waals surface area contributed by atoms with E-state index in [-0.39, 0.29) is 0 Å². The molecule has 3 rings (SSSR count). The van der Waals surface area contributed by atoms with Gasteiger partial charge in [-0.2, -0.15) is 0 Å². The van der Waals surface area contributed by atoms with Crippen LogP contribution in [0, 0.1) is 13.8 Å². The summed E-state index contributed by atoms with van der Waals surface area (Å²) < 4.78 is 0. The first-order valence-corrected chi connectivity index (χ1v) is 6.41. The van der Waals surface area contributed by atoms with E-state index in [4.69, 9.17) is 0 Å². The van der Waals surface area contributed by atoms with E-state index in [0.29, 0.717) is 0 Å². The third-order valence-corrected chi connectivity index (χ3v) is 3.26. The molecule has 0 aliphatic heterocycles. The van der Waals surface area contributed by atoms with Crippen molar-refractivity contribution in [3.63, 3.8) is 0 Å². The predicted octanol–water partition coefficient (Wildman–Crippen LogP) is 4.54. The van der Waals surface area contributed by atoms with Gasteiger partial charge in [0.2, 0.25) is 0 Å². The maximum atomic E-state index is 4.58. The Labute approximate surface area is 112 Å². The molecule has 2 heteroatoms. The number of aromatic amines is 1. The summed E-state index contributed by atoms with van der Waals surface area (Å²) in [7, 11) is 0. The number of hydrogen-bond acceptors (Lipinski definition) is 1. The zero-order valence-corrected chi connectivity index (χ0v) is 11.1. The number of rotatable bonds is 2. The lowest BCUT2D eigenvalue weighted by Crippen LogP contribution is -1.81. The lowest BCUT2D eigenvalue weighted by molar-refractivity contribution is 1.35. The van der Waals surface area contributed by atoms with Crippen LogP contribution in [-0.2, 0) is 0 Å². The molecule has 1 heterocycles. The highest BCUT2D eigenvalue weighted by Crippen LogP contribution is 2.20. The molecule has 0 aliphatic rings. The van der Waals surface area contributed by atoms with Gasteiger partial charge < -0.3 is 4.98 Å². The van der Waals surface area contributed by atoms with Crippen molar-refractivity contribution < 1.29 is 0 Å². The third-order valence-electron chi connectivity index (χ3n) is 3.26. The summed E-state index contributed by atoms with van der Waals surface area (Å²) >= 11 is 0. The number of aryl methyl sites for hydroxylation is 2. The average molecular weight is 248 g/mol. The Morgan fingerprint density at radius 1 is 1.00 bits per heavy atom. The summed E-state index contributed by atoms with van der Waals surface area (Å²) in [6, 6.07) is 16.7. The molecule has 3 aromatic rings. The molecule has 0 saturated heterocycles. The van der Waals surface area contributed by atoms with Crippen LogP contribution < -0.4 is 0 Å². The predicted molar refractivity (Wildman–Crippen MR) is 81.5 cm³/mol. The van der Waals surface area contributed by atoms with Crippen LogP contribution in [0.1, 0.15) is 16.8 Å². The second kappa shape index (κ2) is 4.73. The average Bonchev–Trinajstić information content (AvgIpc) is 2.82. The molecule has 0 aliphatic carbocycles. The van der Waals surface area contributed by atoms with Crippen LogP contribution in [0.4, 0.5) is 5.69 Å². The molecule has 2 nitrogen and oxygen atoms in total. The Bertz CT molecular complexity index is 718. The Hall–Kier alpha value is -2.35. The molecule has 0 fully saturated rings. The number of H-pyrrole nitrogens is 1. The molecule has 1 aromatic heterocycles. The minimum absolute atomic E-state index is 1.03. The Kier molecular flexibility index (Phi) is 2.92. The molecule has 0 radical (unpaired) electrons. The van der Waals surface area contributed by atoms with E-state index in [1.807, 2.05) is 18.3 Å². The van der Waals surface area contributed by atoms with E-state index < -0.39 is 0 Å². The van der Waals surface area contributed by atoms with Crippen LogP contribution in [0.5, 0.6) is 0 Å². The van der Waals surface area contributed by atoms with E-state index in [9.17, 15) is 0 Å². The zero-order chi connectivity index (χ0) is 13.2. The van der Waals surface area contributed by atoms with E-state index in [2.05, 4.69) is 60.2 Å². The van der Waals surface area contributed by atoms with Gasteiger partial charge in [0.1, 0.15) is 0 Å². The fourth-order valence-electron chi connectivity index (χ4n) is 2.16. The number of aromatic nitrogens is 1. The van der Waals surface area contributed by atoms with E-state index in [1.165, 1.54) is 16.5 Å². The molecule has 0 unspecified atom stereocenters. The number of fused-ring (bicyclic) bond motifs is 1. The molecule has 94 valence electrons. The van der Waals surface area contributed by atoms with Crippen LogP contribution in [0.3, 0.4) is 0 Å². The van der Waals surface area contributed by atoms with Gasteiger partial charge in [0, 0.05) is 10.9 Å². The van der Waals surface area contributed by atoms with Crippen LogP contribution in [0.2, 0.25) is 0 Å². The highest BCUT2D eigenvalue weighted by Gasteiger charge is 1.98. The van der Waals surface area contributed by atoms with Gasteiger partial charge in [0.25, 0.3) is 0 Å². The van der Waals surface area contributed by atoms with E-state index >= 15 is 0 Å². The minimum atomic E-state index is 1.03. The number of nitrogens with one attached hydrogen (secondary N) is 1. The van der Waals surface area contributed by atoms with E-state index in [1.54, 1.807) is 0 Å². The molecule has 0 spiro atoms. The maximum Gasteiger partial charge on any atom is 0.0662 e. The van der Waals surface area contributed by atoms with Gasteiger partial charge in [0.15, 0.2) is 0 Å². The number of hydrogen-bond donors (Lipinski definition) is 1. The molecule has 2 aromatic carbocycles. The number of benzene rings is 2. The van der Waals surface area contributed by atoms with E-state index in [0.717, 1.165) is 16.9 Å². The molecule has 0 bridgehead atoms. The fraction of sp³-hybridized carbons (Fsp3) is 0.118. The van der Waals surface area contributed by atoms with Crippen molar-refractivity contribution in [1.29, 1.82) is 0 Å². The minimum Gasteiger partial charge on any atom is -0.354 e. The molecule has 1 N–H and O–H groups in total. The second-order valence-electron chi connectivity index (χ2n) is 4.86. The van der Waals surface area contributed by atoms with Crippen LogP contribution in [0.25, 0.3) is 10.9 Å². The monoisotopic (exact) mass is 248 g/mol. The number of nitrogens with zero attached hydrogens (tertiary/aromatic N) is 1. The Morgan fingerprint density at radius 2 is 1.84 bits per heavy atom. The highest BCUT2D eigenvalue weighted by atomic mass is 14.8. The van der Waals surface area contributed by atoms with Crippen molar-refractivity contribution in [2.24, 2.45) is 4.99 Å². The van der Waals surface area contributed by atoms with Crippen LogP contribution >= 0.6 is 0 Å². The summed E-state index contributed by atoms with van der Waals surface area (Å²) in [6.45, 7) is 4.17. The number of aliphatic imine (C=N–C) groups is 1. The van der Waals surface area contributed by atoms with Gasteiger partial charge in [-0.3, -0.25) is 4.99 Å². The number of para-hydroxylation sites is 1. The van der Waals surface area contributed by atoms with Crippen molar-refractivity contribution in [1.82, 2.24) is 4.98 Å². The highest BCUT2D eigenvalue weighted by molar-refractivity contribution is 5.90. The summed E-state index contributed by atoms with van der Waals surface area (Å²) in [6.07, 6.45) is 1.89. The van der Waals surface area contributed by atoms with Crippen molar-refractivity contribution in [2.75, 3.05) is 0 Å². The molecule has 0 saturated carbocycles. The topological polar surface area (TPSA) is 28.1 Å². The van der Waals surface area contributed by atoms with Crippen LogP contribution in [0.15, 0.2) is 53.5 Å². The first-order valence-electron chi connectivity index (χ1n) is 6.41. The molecule has 0 amide bonds. The van der Waals surface area contributed by atoms with Gasteiger partial charge in [-0.1, -0.05) is 30.3 Å². The summed E-state index contributed by atoms with van der Waals surface area (Å²) in [4.78, 5) is 7.93. The standard InChI is InChI=1S/C17H16N2/c1-12-7-8-13(2)17(9-12)18-11-15-10-14-5-3-4-6-16(14)19-15/h3-11,19H,1-2H3. The van der Waals surface area contributed by atoms with Crippen molar-refractivity contribution >= 4 is 22.8 Å². The normalized spacial score (nSPS) is 11.5. The molecular weight excluding hydrogens is 232 g/mol. The quantitative estimate of drug-likeness (QED) is 0.645. The van der Waals surface area contributed by atoms with Gasteiger partial charge in [-0.25, -0.2) is 0 Å². The Morgan fingerprint density at radius 3 is 2.68 bits per heavy atom. The van der Waals surface area contributed by atoms with Gasteiger partial charge in [0.05, 0.1) is 17.6 Å². The molecule has 0 atom stereocenters. The van der Waals surface area contributed by atoms with Crippen LogP contribution in [-0.4, -0.2) is 11.2 Å². The summed E-state index contributed by atoms with van der Waals surface area (Å²) in [5.74, 6) is 0. The summed E-state index contributed by atoms with van der Waals surface area (Å²) in [5, 5.41) is 1.21. The summed E-state index contributed by atoms with van der Waals surface area (Å²) in [5.41, 5.74) is 5.62. The van der Waals surface area contributed by atoms with Crippen molar-refractivity contribution in [2.45, 2.75) is 13.8 Å². The largest absolute Gasteiger partial charge is 0.354 e. The first-order chi connectivity index (χ1) is 9.22. The fourth-order valence-corrected chi connectivity index (χ4v) is 2.16. The third kappa shape index (κ3) is 2.43. The SMILES string of the molecule is Cc1ccc(C)c(N=Cc2cc3ccccc3[nH]2)c1. The smallest absolute Gasteiger partial charge is 0.0662 e. The van der Waals surface area contributed by atoms with Gasteiger partial charge in [-0.15, -0.1) is 0 Å². The van der Waals surface area contributed by atoms with Crippen molar-refractivity contribution in [3.05, 3.63) is 65.4 Å². The lowest BCUT2D eigenvalue weighted by atomic mass is 10.1.